The Labute approximate surface area is 73.6 Å². The number of benzene rings is 1. The second-order valence-electron chi connectivity index (χ2n) is 2.27. The van der Waals surface area contributed by atoms with Crippen LogP contribution in [0.4, 0.5) is 0 Å². The van der Waals surface area contributed by atoms with Crippen LogP contribution in [0.5, 0.6) is 5.75 Å². The monoisotopic (exact) mass is 180 g/mol. The van der Waals surface area contributed by atoms with Crippen LogP contribution in [0.15, 0.2) is 18.2 Å². The molecule has 0 spiro atoms. The van der Waals surface area contributed by atoms with E-state index in [1.807, 2.05) is 0 Å². The third-order valence-electron chi connectivity index (χ3n) is 1.46. The quantitative estimate of drug-likeness (QED) is 0.440. The van der Waals surface area contributed by atoms with Crippen LogP contribution in [0.1, 0.15) is 15.9 Å². The maximum absolute atomic E-state index is 10.9. The fourth-order valence-electron chi connectivity index (χ4n) is 0.869. The van der Waals surface area contributed by atoms with E-state index in [1.54, 1.807) is 0 Å². The summed E-state index contributed by atoms with van der Waals surface area (Å²) in [6.45, 7) is 0. The molecule has 0 saturated carbocycles. The first-order chi connectivity index (χ1) is 6.19. The van der Waals surface area contributed by atoms with Gasteiger partial charge in [0, 0.05) is 5.56 Å². The minimum absolute atomic E-state index is 0.0237. The second-order valence-corrected chi connectivity index (χ2v) is 2.27. The zero-order chi connectivity index (χ0) is 9.84. The Morgan fingerprint density at radius 1 is 1.46 bits per heavy atom. The lowest BCUT2D eigenvalue weighted by Gasteiger charge is -2.01. The lowest BCUT2D eigenvalue weighted by Crippen LogP contribution is -2.20. The van der Waals surface area contributed by atoms with E-state index in [4.69, 9.17) is 10.3 Å². The summed E-state index contributed by atoms with van der Waals surface area (Å²) in [5.74, 6) is -1.04. The van der Waals surface area contributed by atoms with Crippen molar-refractivity contribution in [3.05, 3.63) is 29.3 Å². The molecule has 0 unspecified atom stereocenters. The molecule has 1 radical (unpaired) electrons. The summed E-state index contributed by atoms with van der Waals surface area (Å²) in [6.07, 6.45) is 1.50. The third-order valence-corrected chi connectivity index (χ3v) is 1.46. The van der Waals surface area contributed by atoms with Crippen molar-refractivity contribution in [2.75, 3.05) is 0 Å². The van der Waals surface area contributed by atoms with Gasteiger partial charge in [0.15, 0.2) is 0 Å². The van der Waals surface area contributed by atoms with E-state index in [9.17, 15) is 9.59 Å². The highest BCUT2D eigenvalue weighted by Gasteiger charge is 2.11. The molecule has 5 nitrogen and oxygen atoms in total. The molecule has 0 saturated heterocycles. The van der Waals surface area contributed by atoms with E-state index in [0.29, 0.717) is 0 Å². The molecule has 0 bridgehead atoms. The van der Waals surface area contributed by atoms with Gasteiger partial charge in [-0.15, -0.1) is 0 Å². The minimum atomic E-state index is -0.866. The van der Waals surface area contributed by atoms with Crippen LogP contribution in [0.25, 0.3) is 0 Å². The average Bonchev–Trinajstić information content (AvgIpc) is 2.16. The van der Waals surface area contributed by atoms with Gasteiger partial charge < -0.3 is 5.11 Å². The van der Waals surface area contributed by atoms with Crippen molar-refractivity contribution in [3.63, 3.8) is 0 Å². The van der Waals surface area contributed by atoms with Crippen molar-refractivity contribution in [3.8, 4) is 5.75 Å². The molecule has 0 aliphatic heterocycles. The van der Waals surface area contributed by atoms with E-state index in [-0.39, 0.29) is 16.9 Å². The summed E-state index contributed by atoms with van der Waals surface area (Å²) in [6, 6.07) is 3.53. The number of rotatable bonds is 2. The van der Waals surface area contributed by atoms with E-state index in [2.05, 4.69) is 0 Å². The molecule has 67 valence electrons. The Morgan fingerprint density at radius 3 is 2.69 bits per heavy atom. The normalized spacial score (nSPS) is 9.31. The number of hydrogen-bond acceptors (Lipinski definition) is 4. The molecule has 1 aromatic carbocycles. The lowest BCUT2D eigenvalue weighted by molar-refractivity contribution is 0.0705. The van der Waals surface area contributed by atoms with Gasteiger partial charge in [0.05, 0.1) is 5.56 Å². The summed E-state index contributed by atoms with van der Waals surface area (Å²) in [5, 5.41) is 17.3. The molecule has 0 aromatic heterocycles. The lowest BCUT2D eigenvalue weighted by atomic mass is 10.1. The summed E-state index contributed by atoms with van der Waals surface area (Å²) in [4.78, 5) is 21.2. The smallest absolute Gasteiger partial charge is 0.275 e. The molecule has 0 aliphatic carbocycles. The number of phenols is 1. The largest absolute Gasteiger partial charge is 0.508 e. The van der Waals surface area contributed by atoms with E-state index >= 15 is 0 Å². The van der Waals surface area contributed by atoms with Crippen LogP contribution in [0.3, 0.4) is 0 Å². The van der Waals surface area contributed by atoms with Gasteiger partial charge in [-0.05, 0) is 18.2 Å². The van der Waals surface area contributed by atoms with Gasteiger partial charge >= 0.3 is 0 Å². The number of carbonyl (C=O) groups is 1. The minimum Gasteiger partial charge on any atom is -0.508 e. The number of hydrogen-bond donors (Lipinski definition) is 3. The van der Waals surface area contributed by atoms with Crippen LogP contribution in [0, 0.1) is 0 Å². The topological polar surface area (TPSA) is 86.6 Å². The molecular weight excluding hydrogens is 174 g/mol. The molecule has 0 heterocycles. The van der Waals surface area contributed by atoms with Crippen LogP contribution in [-0.2, 0) is 4.79 Å². The molecule has 3 N–H and O–H groups in total. The maximum atomic E-state index is 10.9. The second kappa shape index (κ2) is 3.68. The van der Waals surface area contributed by atoms with Crippen molar-refractivity contribution in [2.45, 2.75) is 0 Å². The zero-order valence-electron chi connectivity index (χ0n) is 6.44. The first-order valence-electron chi connectivity index (χ1n) is 3.34. The predicted octanol–water partition coefficient (Wildman–Crippen LogP) is -0.0310. The fourth-order valence-corrected chi connectivity index (χ4v) is 0.869. The number of nitrogens with one attached hydrogen (secondary N) is 1. The Balaban J connectivity index is 3.23. The third kappa shape index (κ3) is 1.83. The van der Waals surface area contributed by atoms with Crippen molar-refractivity contribution in [2.24, 2.45) is 0 Å². The van der Waals surface area contributed by atoms with Gasteiger partial charge in [0.1, 0.15) is 5.75 Å². The van der Waals surface area contributed by atoms with E-state index in [0.717, 1.165) is 6.07 Å². The summed E-state index contributed by atoms with van der Waals surface area (Å²) >= 11 is 0. The standard InChI is InChI=1S/C8H6NO4/c10-4-5-1-2-6(11)3-7(5)8(12)9-13/h1-3,11,13H,(H,9,12). The van der Waals surface area contributed by atoms with Gasteiger partial charge in [-0.25, -0.2) is 5.48 Å². The highest BCUT2D eigenvalue weighted by Crippen LogP contribution is 2.14. The molecule has 5 heteroatoms. The van der Waals surface area contributed by atoms with Crippen molar-refractivity contribution in [1.29, 1.82) is 0 Å². The number of carbonyl (C=O) groups excluding carboxylic acids is 2. The predicted molar refractivity (Wildman–Crippen MR) is 42.2 cm³/mol. The van der Waals surface area contributed by atoms with Gasteiger partial charge in [0.2, 0.25) is 6.29 Å². The number of hydroxylamine groups is 1. The molecule has 1 amide bonds. The number of phenolic OH excluding ortho intramolecular Hbond substituents is 1. The highest BCUT2D eigenvalue weighted by atomic mass is 16.5. The van der Waals surface area contributed by atoms with Crippen molar-refractivity contribution in [1.82, 2.24) is 5.48 Å². The van der Waals surface area contributed by atoms with E-state index < -0.39 is 5.91 Å². The molecule has 0 aliphatic rings. The summed E-state index contributed by atoms with van der Waals surface area (Å²) < 4.78 is 0. The molecule has 13 heavy (non-hydrogen) atoms. The molecular formula is C8H6NO4. The number of aromatic hydroxyl groups is 1. The zero-order valence-corrected chi connectivity index (χ0v) is 6.44. The van der Waals surface area contributed by atoms with Gasteiger partial charge in [-0.3, -0.25) is 14.8 Å². The number of amides is 1. The Hall–Kier alpha value is -1.88. The Kier molecular flexibility index (Phi) is 2.61. The van der Waals surface area contributed by atoms with Gasteiger partial charge in [0.25, 0.3) is 5.91 Å². The SMILES string of the molecule is O=[C]c1ccc(O)cc1C(=O)NO. The van der Waals surface area contributed by atoms with Crippen LogP contribution < -0.4 is 5.48 Å². The molecule has 1 aromatic rings. The van der Waals surface area contributed by atoms with Crippen LogP contribution >= 0.6 is 0 Å². The highest BCUT2D eigenvalue weighted by molar-refractivity contribution is 6.01. The van der Waals surface area contributed by atoms with Crippen LogP contribution in [0.2, 0.25) is 0 Å². The van der Waals surface area contributed by atoms with Crippen LogP contribution in [-0.4, -0.2) is 22.5 Å². The first kappa shape index (κ1) is 9.21. The average molecular weight is 180 g/mol. The Bertz CT molecular complexity index is 348. The molecule has 1 rings (SSSR count). The van der Waals surface area contributed by atoms with Gasteiger partial charge in [-0.1, -0.05) is 0 Å². The van der Waals surface area contributed by atoms with Crippen molar-refractivity contribution < 1.29 is 19.9 Å². The summed E-state index contributed by atoms with van der Waals surface area (Å²) in [7, 11) is 0. The molecule has 0 atom stereocenters. The molecule has 0 fully saturated rings. The van der Waals surface area contributed by atoms with E-state index in [1.165, 1.54) is 23.9 Å². The maximum Gasteiger partial charge on any atom is 0.275 e. The fraction of sp³-hybridized carbons (Fsp3) is 0. The summed E-state index contributed by atoms with van der Waals surface area (Å²) in [5.41, 5.74) is 1.20. The Morgan fingerprint density at radius 2 is 2.15 bits per heavy atom. The van der Waals surface area contributed by atoms with Crippen molar-refractivity contribution >= 4 is 12.2 Å². The first-order valence-corrected chi connectivity index (χ1v) is 3.34. The van der Waals surface area contributed by atoms with Gasteiger partial charge in [-0.2, -0.15) is 0 Å².